The average molecular weight is 275 g/mol. The van der Waals surface area contributed by atoms with Gasteiger partial charge < -0.3 is 15.1 Å². The Morgan fingerprint density at radius 2 is 1.90 bits per heavy atom. The first-order chi connectivity index (χ1) is 9.80. The van der Waals surface area contributed by atoms with Gasteiger partial charge in [-0.15, -0.1) is 0 Å². The van der Waals surface area contributed by atoms with E-state index in [0.717, 1.165) is 56.7 Å². The number of rotatable bonds is 5. The highest BCUT2D eigenvalue weighted by Crippen LogP contribution is 2.39. The maximum Gasteiger partial charge on any atom is 0.136 e. The minimum atomic E-state index is 0.601. The third-order valence-electron chi connectivity index (χ3n) is 4.17. The first-order valence-electron chi connectivity index (χ1n) is 7.90. The number of anilines is 2. The first-order valence-corrected chi connectivity index (χ1v) is 7.90. The van der Waals surface area contributed by atoms with Crippen LogP contribution in [0.5, 0.6) is 0 Å². The maximum absolute atomic E-state index is 4.81. The van der Waals surface area contributed by atoms with E-state index in [1.165, 1.54) is 12.8 Å². The van der Waals surface area contributed by atoms with E-state index in [9.17, 15) is 0 Å². The fraction of sp³-hybridized carbons (Fsp3) is 0.733. The van der Waals surface area contributed by atoms with Crippen LogP contribution in [0, 0.1) is 0 Å². The summed E-state index contributed by atoms with van der Waals surface area (Å²) in [5.74, 6) is 3.73. The van der Waals surface area contributed by atoms with E-state index >= 15 is 0 Å². The van der Waals surface area contributed by atoms with Crippen LogP contribution in [0.2, 0.25) is 0 Å². The van der Waals surface area contributed by atoms with Gasteiger partial charge in [-0.25, -0.2) is 9.97 Å². The Kier molecular flexibility index (Phi) is 4.05. The molecule has 2 heterocycles. The Bertz CT molecular complexity index is 450. The first kappa shape index (κ1) is 13.6. The predicted molar refractivity (Wildman–Crippen MR) is 82.5 cm³/mol. The van der Waals surface area contributed by atoms with Gasteiger partial charge in [0.1, 0.15) is 17.5 Å². The Balaban J connectivity index is 1.77. The predicted octanol–water partition coefficient (Wildman–Crippen LogP) is 1.93. The van der Waals surface area contributed by atoms with Gasteiger partial charge in [0.2, 0.25) is 0 Å². The second-order valence-corrected chi connectivity index (χ2v) is 5.70. The smallest absolute Gasteiger partial charge is 0.136 e. The summed E-state index contributed by atoms with van der Waals surface area (Å²) in [4.78, 5) is 14.4. The summed E-state index contributed by atoms with van der Waals surface area (Å²) < 4.78 is 0. The molecule has 0 bridgehead atoms. The van der Waals surface area contributed by atoms with E-state index in [0.29, 0.717) is 5.92 Å². The van der Waals surface area contributed by atoms with Gasteiger partial charge in [0.25, 0.3) is 0 Å². The van der Waals surface area contributed by atoms with E-state index in [4.69, 9.17) is 4.98 Å². The highest BCUT2D eigenvalue weighted by atomic mass is 15.3. The molecule has 1 aliphatic heterocycles. The molecule has 20 heavy (non-hydrogen) atoms. The van der Waals surface area contributed by atoms with Crippen LogP contribution >= 0.6 is 0 Å². The summed E-state index contributed by atoms with van der Waals surface area (Å²) in [7, 11) is 0. The van der Waals surface area contributed by atoms with Gasteiger partial charge in [-0.1, -0.05) is 6.92 Å². The van der Waals surface area contributed by atoms with Crippen molar-refractivity contribution in [3.8, 4) is 0 Å². The number of nitrogens with zero attached hydrogens (tertiary/aromatic N) is 4. The zero-order valence-electron chi connectivity index (χ0n) is 12.6. The minimum Gasteiger partial charge on any atom is -0.370 e. The average Bonchev–Trinajstić information content (AvgIpc) is 3.32. The lowest BCUT2D eigenvalue weighted by Gasteiger charge is -2.35. The molecule has 110 valence electrons. The molecule has 2 aliphatic rings. The number of hydrogen-bond donors (Lipinski definition) is 1. The summed E-state index contributed by atoms with van der Waals surface area (Å²) in [5.41, 5.74) is 0. The molecule has 2 fully saturated rings. The molecule has 5 nitrogen and oxygen atoms in total. The van der Waals surface area contributed by atoms with Crippen molar-refractivity contribution in [1.82, 2.24) is 14.9 Å². The second-order valence-electron chi connectivity index (χ2n) is 5.70. The SMILES string of the molecule is CCNc1cc(N2CCN(CC)CC2)nc(C2CC2)n1. The highest BCUT2D eigenvalue weighted by molar-refractivity contribution is 5.50. The molecule has 0 atom stereocenters. The zero-order chi connectivity index (χ0) is 13.9. The van der Waals surface area contributed by atoms with Crippen molar-refractivity contribution < 1.29 is 0 Å². The molecule has 1 aromatic rings. The zero-order valence-corrected chi connectivity index (χ0v) is 12.6. The second kappa shape index (κ2) is 5.95. The van der Waals surface area contributed by atoms with Gasteiger partial charge in [0.05, 0.1) is 0 Å². The van der Waals surface area contributed by atoms with E-state index < -0.39 is 0 Å². The Morgan fingerprint density at radius 3 is 2.50 bits per heavy atom. The van der Waals surface area contributed by atoms with Crippen molar-refractivity contribution in [3.63, 3.8) is 0 Å². The van der Waals surface area contributed by atoms with Crippen molar-refractivity contribution in [2.24, 2.45) is 0 Å². The quantitative estimate of drug-likeness (QED) is 0.889. The molecular weight excluding hydrogens is 250 g/mol. The standard InChI is InChI=1S/C15H25N5/c1-3-16-13-11-14(18-15(17-13)12-5-6-12)20-9-7-19(4-2)8-10-20/h11-12H,3-10H2,1-2H3,(H,16,17,18). The van der Waals surface area contributed by atoms with Crippen LogP contribution in [0.4, 0.5) is 11.6 Å². The lowest BCUT2D eigenvalue weighted by molar-refractivity contribution is 0.270. The third-order valence-corrected chi connectivity index (χ3v) is 4.17. The molecular formula is C15H25N5. The van der Waals surface area contributed by atoms with Gasteiger partial charge in [-0.05, 0) is 26.3 Å². The fourth-order valence-corrected chi connectivity index (χ4v) is 2.70. The van der Waals surface area contributed by atoms with Crippen LogP contribution < -0.4 is 10.2 Å². The maximum atomic E-state index is 4.81. The summed E-state index contributed by atoms with van der Waals surface area (Å²) in [6.45, 7) is 10.8. The molecule has 5 heteroatoms. The number of nitrogens with one attached hydrogen (secondary N) is 1. The van der Waals surface area contributed by atoms with Gasteiger partial charge in [0.15, 0.2) is 0 Å². The summed E-state index contributed by atoms with van der Waals surface area (Å²) in [5, 5.41) is 3.34. The molecule has 1 saturated heterocycles. The van der Waals surface area contributed by atoms with Crippen molar-refractivity contribution in [1.29, 1.82) is 0 Å². The number of hydrogen-bond acceptors (Lipinski definition) is 5. The molecule has 0 amide bonds. The van der Waals surface area contributed by atoms with Crippen molar-refractivity contribution in [2.75, 3.05) is 49.5 Å². The van der Waals surface area contributed by atoms with E-state index in [2.05, 4.69) is 40.0 Å². The van der Waals surface area contributed by atoms with Gasteiger partial charge in [-0.2, -0.15) is 0 Å². The molecule has 0 spiro atoms. The van der Waals surface area contributed by atoms with Crippen LogP contribution in [0.1, 0.15) is 38.4 Å². The Labute approximate surface area is 121 Å². The molecule has 0 aromatic carbocycles. The summed E-state index contributed by atoms with van der Waals surface area (Å²) in [6, 6.07) is 2.11. The Morgan fingerprint density at radius 1 is 1.15 bits per heavy atom. The van der Waals surface area contributed by atoms with Gasteiger partial charge in [-0.3, -0.25) is 0 Å². The summed E-state index contributed by atoms with van der Waals surface area (Å²) >= 11 is 0. The molecule has 1 saturated carbocycles. The highest BCUT2D eigenvalue weighted by Gasteiger charge is 2.28. The van der Waals surface area contributed by atoms with E-state index in [-0.39, 0.29) is 0 Å². The minimum absolute atomic E-state index is 0.601. The van der Waals surface area contributed by atoms with Crippen molar-refractivity contribution in [3.05, 3.63) is 11.9 Å². The van der Waals surface area contributed by atoms with Crippen LogP contribution in [-0.4, -0.2) is 54.1 Å². The normalized spacial score (nSPS) is 20.2. The topological polar surface area (TPSA) is 44.3 Å². The van der Waals surface area contributed by atoms with Gasteiger partial charge in [0, 0.05) is 44.7 Å². The lowest BCUT2D eigenvalue weighted by Crippen LogP contribution is -2.46. The number of aromatic nitrogens is 2. The van der Waals surface area contributed by atoms with Crippen molar-refractivity contribution in [2.45, 2.75) is 32.6 Å². The number of piperazine rings is 1. The molecule has 1 aliphatic carbocycles. The monoisotopic (exact) mass is 275 g/mol. The van der Waals surface area contributed by atoms with E-state index in [1.54, 1.807) is 0 Å². The van der Waals surface area contributed by atoms with Crippen LogP contribution in [0.25, 0.3) is 0 Å². The lowest BCUT2D eigenvalue weighted by atomic mass is 10.3. The molecule has 0 unspecified atom stereocenters. The molecule has 1 aromatic heterocycles. The molecule has 1 N–H and O–H groups in total. The Hall–Kier alpha value is -1.36. The van der Waals surface area contributed by atoms with Crippen LogP contribution in [0.3, 0.4) is 0 Å². The van der Waals surface area contributed by atoms with E-state index in [1.807, 2.05) is 0 Å². The fourth-order valence-electron chi connectivity index (χ4n) is 2.70. The summed E-state index contributed by atoms with van der Waals surface area (Å²) in [6.07, 6.45) is 2.50. The third kappa shape index (κ3) is 3.03. The van der Waals surface area contributed by atoms with Gasteiger partial charge >= 0.3 is 0 Å². The van der Waals surface area contributed by atoms with Crippen LogP contribution in [0.15, 0.2) is 6.07 Å². The molecule has 3 rings (SSSR count). The van der Waals surface area contributed by atoms with Crippen LogP contribution in [-0.2, 0) is 0 Å². The largest absolute Gasteiger partial charge is 0.370 e. The number of likely N-dealkylation sites (N-methyl/N-ethyl adjacent to an activating group) is 1. The molecule has 0 radical (unpaired) electrons. The van der Waals surface area contributed by atoms with Crippen molar-refractivity contribution >= 4 is 11.6 Å².